The Morgan fingerprint density at radius 2 is 2.05 bits per heavy atom. The van der Waals surface area contributed by atoms with Gasteiger partial charge in [-0.2, -0.15) is 0 Å². The molecular weight excluding hydrogens is 296 g/mol. The Balaban J connectivity index is 1.95. The van der Waals surface area contributed by atoms with E-state index < -0.39 is 29.6 Å². The van der Waals surface area contributed by atoms with Crippen LogP contribution < -0.4 is 10.1 Å². The summed E-state index contributed by atoms with van der Waals surface area (Å²) in [6, 6.07) is 4.40. The molecule has 0 radical (unpaired) electrons. The molecule has 0 saturated heterocycles. The molecule has 1 aliphatic rings. The van der Waals surface area contributed by atoms with Gasteiger partial charge in [-0.1, -0.05) is 6.07 Å². The van der Waals surface area contributed by atoms with Gasteiger partial charge < -0.3 is 15.2 Å². The first kappa shape index (κ1) is 16.2. The van der Waals surface area contributed by atoms with Crippen molar-refractivity contribution < 1.29 is 28.2 Å². The summed E-state index contributed by atoms with van der Waals surface area (Å²) < 4.78 is 31.3. The lowest BCUT2D eigenvalue weighted by atomic mass is 10.1. The zero-order valence-corrected chi connectivity index (χ0v) is 12.3. The minimum absolute atomic E-state index is 0.0924. The number of halogens is 2. The Morgan fingerprint density at radius 1 is 1.41 bits per heavy atom. The molecule has 1 saturated carbocycles. The highest BCUT2D eigenvalue weighted by atomic mass is 19.3. The average molecular weight is 313 g/mol. The predicted molar refractivity (Wildman–Crippen MR) is 74.3 cm³/mol. The van der Waals surface area contributed by atoms with E-state index in [9.17, 15) is 18.4 Å². The summed E-state index contributed by atoms with van der Waals surface area (Å²) in [6.07, 6.45) is -0.0705. The van der Waals surface area contributed by atoms with Gasteiger partial charge in [0.1, 0.15) is 11.2 Å². The number of rotatable bonds is 6. The van der Waals surface area contributed by atoms with Crippen molar-refractivity contribution in [3.63, 3.8) is 0 Å². The number of nitrogens with one attached hydrogen (secondary N) is 1. The molecule has 0 aliphatic heterocycles. The molecule has 1 unspecified atom stereocenters. The van der Waals surface area contributed by atoms with Crippen LogP contribution in [0.1, 0.15) is 29.3 Å². The van der Waals surface area contributed by atoms with Crippen molar-refractivity contribution in [2.75, 3.05) is 13.7 Å². The van der Waals surface area contributed by atoms with E-state index in [0.717, 1.165) is 0 Å². The molecule has 0 heterocycles. The normalized spacial score (nSPS) is 22.0. The van der Waals surface area contributed by atoms with Crippen LogP contribution in [0.15, 0.2) is 18.2 Å². The highest BCUT2D eigenvalue weighted by Gasteiger charge is 2.72. The fourth-order valence-corrected chi connectivity index (χ4v) is 2.24. The Hall–Kier alpha value is -2.18. The van der Waals surface area contributed by atoms with E-state index in [1.54, 1.807) is 6.07 Å². The van der Waals surface area contributed by atoms with Crippen molar-refractivity contribution >= 4 is 11.9 Å². The number of amides is 1. The molecule has 2 rings (SSSR count). The fourth-order valence-electron chi connectivity index (χ4n) is 2.24. The Labute approximate surface area is 126 Å². The first-order chi connectivity index (χ1) is 10.2. The molecule has 5 nitrogen and oxygen atoms in total. The second kappa shape index (κ2) is 5.55. The summed E-state index contributed by atoms with van der Waals surface area (Å²) in [4.78, 5) is 22.6. The summed E-state index contributed by atoms with van der Waals surface area (Å²) in [7, 11) is 1.41. The largest absolute Gasteiger partial charge is 0.496 e. The fraction of sp³-hybridized carbons (Fsp3) is 0.467. The lowest BCUT2D eigenvalue weighted by Gasteiger charge is -2.13. The maximum absolute atomic E-state index is 13.1. The van der Waals surface area contributed by atoms with Crippen LogP contribution in [-0.4, -0.2) is 36.6 Å². The maximum atomic E-state index is 13.1. The monoisotopic (exact) mass is 313 g/mol. The Bertz CT molecular complexity index is 618. The summed E-state index contributed by atoms with van der Waals surface area (Å²) in [5, 5.41) is 11.4. The third-order valence-electron chi connectivity index (χ3n) is 3.97. The van der Waals surface area contributed by atoms with Gasteiger partial charge in [-0.15, -0.1) is 0 Å². The number of alkyl halides is 2. The van der Waals surface area contributed by atoms with E-state index in [1.165, 1.54) is 26.2 Å². The molecule has 0 spiro atoms. The SMILES string of the molecule is COc1cc(C(=O)O)ccc1CCNC(=O)C1(C)CC1(F)F. The summed E-state index contributed by atoms with van der Waals surface area (Å²) in [6.45, 7) is 1.41. The van der Waals surface area contributed by atoms with E-state index in [-0.39, 0.29) is 12.1 Å². The van der Waals surface area contributed by atoms with Crippen LogP contribution in [-0.2, 0) is 11.2 Å². The van der Waals surface area contributed by atoms with Crippen molar-refractivity contribution in [3.8, 4) is 5.75 Å². The van der Waals surface area contributed by atoms with Gasteiger partial charge in [0.25, 0.3) is 5.92 Å². The number of carbonyl (C=O) groups is 2. The topological polar surface area (TPSA) is 75.6 Å². The molecular formula is C15H17F2NO4. The number of carboxylic acid groups (broad SMARTS) is 1. The van der Waals surface area contributed by atoms with Gasteiger partial charge in [0.05, 0.1) is 12.7 Å². The molecule has 1 amide bonds. The summed E-state index contributed by atoms with van der Waals surface area (Å²) in [5.74, 6) is -4.28. The molecule has 2 N–H and O–H groups in total. The maximum Gasteiger partial charge on any atom is 0.335 e. The van der Waals surface area contributed by atoms with Gasteiger partial charge in [0.2, 0.25) is 5.91 Å². The molecule has 0 aromatic heterocycles. The number of benzene rings is 1. The van der Waals surface area contributed by atoms with Gasteiger partial charge >= 0.3 is 5.97 Å². The molecule has 0 bridgehead atoms. The van der Waals surface area contributed by atoms with Crippen LogP contribution in [0.5, 0.6) is 5.75 Å². The predicted octanol–water partition coefficient (Wildman–Crippen LogP) is 2.10. The van der Waals surface area contributed by atoms with Gasteiger partial charge in [0, 0.05) is 13.0 Å². The van der Waals surface area contributed by atoms with E-state index >= 15 is 0 Å². The lowest BCUT2D eigenvalue weighted by Crippen LogP contribution is -2.35. The van der Waals surface area contributed by atoms with Crippen molar-refractivity contribution in [1.82, 2.24) is 5.32 Å². The number of hydrogen-bond acceptors (Lipinski definition) is 3. The first-order valence-corrected chi connectivity index (χ1v) is 6.77. The number of methoxy groups -OCH3 is 1. The van der Waals surface area contributed by atoms with Crippen LogP contribution in [0.3, 0.4) is 0 Å². The quantitative estimate of drug-likeness (QED) is 0.843. The Morgan fingerprint density at radius 3 is 2.55 bits per heavy atom. The highest BCUT2D eigenvalue weighted by molar-refractivity contribution is 5.88. The van der Waals surface area contributed by atoms with Crippen LogP contribution >= 0.6 is 0 Å². The number of hydrogen-bond donors (Lipinski definition) is 2. The van der Waals surface area contributed by atoms with Gasteiger partial charge in [-0.25, -0.2) is 13.6 Å². The molecule has 120 valence electrons. The summed E-state index contributed by atoms with van der Waals surface area (Å²) in [5.41, 5.74) is -0.820. The Kier molecular flexibility index (Phi) is 4.08. The number of carbonyl (C=O) groups excluding carboxylic acids is 1. The second-order valence-electron chi connectivity index (χ2n) is 5.55. The smallest absolute Gasteiger partial charge is 0.335 e. The van der Waals surface area contributed by atoms with Gasteiger partial charge in [-0.05, 0) is 31.0 Å². The van der Waals surface area contributed by atoms with Crippen LogP contribution in [0, 0.1) is 5.41 Å². The van der Waals surface area contributed by atoms with Crippen molar-refractivity contribution in [2.24, 2.45) is 5.41 Å². The molecule has 1 aromatic carbocycles. The zero-order valence-electron chi connectivity index (χ0n) is 12.3. The standard InChI is InChI=1S/C15H17F2NO4/c1-14(8-15(14,16)17)13(21)18-6-5-9-3-4-10(12(19)20)7-11(9)22-2/h3-4,7H,5-6,8H2,1-2H3,(H,18,21)(H,19,20). The molecule has 1 atom stereocenters. The molecule has 22 heavy (non-hydrogen) atoms. The van der Waals surface area contributed by atoms with Crippen LogP contribution in [0.4, 0.5) is 8.78 Å². The first-order valence-electron chi connectivity index (χ1n) is 6.77. The molecule has 1 aromatic rings. The van der Waals surface area contributed by atoms with E-state index in [1.807, 2.05) is 0 Å². The highest BCUT2D eigenvalue weighted by Crippen LogP contribution is 2.60. The molecule has 1 fully saturated rings. The number of aromatic carboxylic acids is 1. The van der Waals surface area contributed by atoms with Gasteiger partial charge in [-0.3, -0.25) is 4.79 Å². The minimum Gasteiger partial charge on any atom is -0.496 e. The van der Waals surface area contributed by atoms with E-state index in [4.69, 9.17) is 9.84 Å². The molecule has 7 heteroatoms. The number of ether oxygens (including phenoxy) is 1. The molecule has 1 aliphatic carbocycles. The van der Waals surface area contributed by atoms with Crippen molar-refractivity contribution in [3.05, 3.63) is 29.3 Å². The van der Waals surface area contributed by atoms with Crippen LogP contribution in [0.2, 0.25) is 0 Å². The van der Waals surface area contributed by atoms with Gasteiger partial charge in [0.15, 0.2) is 0 Å². The third kappa shape index (κ3) is 2.88. The zero-order chi connectivity index (χ0) is 16.5. The van der Waals surface area contributed by atoms with Crippen molar-refractivity contribution in [2.45, 2.75) is 25.7 Å². The van der Waals surface area contributed by atoms with Crippen LogP contribution in [0.25, 0.3) is 0 Å². The second-order valence-corrected chi connectivity index (χ2v) is 5.55. The number of carboxylic acids is 1. The van der Waals surface area contributed by atoms with E-state index in [2.05, 4.69) is 5.32 Å². The van der Waals surface area contributed by atoms with Crippen molar-refractivity contribution in [1.29, 1.82) is 0 Å². The van der Waals surface area contributed by atoms with E-state index in [0.29, 0.717) is 17.7 Å². The average Bonchev–Trinajstić information content (AvgIpc) is 2.98. The lowest BCUT2D eigenvalue weighted by molar-refractivity contribution is -0.129. The third-order valence-corrected chi connectivity index (χ3v) is 3.97. The summed E-state index contributed by atoms with van der Waals surface area (Å²) >= 11 is 0. The minimum atomic E-state index is -2.93.